The molecule has 0 atom stereocenters. The van der Waals surface area contributed by atoms with Gasteiger partial charge in [-0.15, -0.1) is 0 Å². The van der Waals surface area contributed by atoms with Crippen LogP contribution in [-0.4, -0.2) is 11.8 Å². The fraction of sp³-hybridized carbons (Fsp3) is 0.267. The molecule has 104 valence electrons. The van der Waals surface area contributed by atoms with Crippen LogP contribution in [0.25, 0.3) is 0 Å². The van der Waals surface area contributed by atoms with Crippen molar-refractivity contribution in [1.82, 2.24) is 4.98 Å². The molecule has 0 aliphatic carbocycles. The summed E-state index contributed by atoms with van der Waals surface area (Å²) in [6.07, 6.45) is 1.73. The number of ether oxygens (including phenoxy) is 3. The first-order valence-corrected chi connectivity index (χ1v) is 6.44. The van der Waals surface area contributed by atoms with Crippen LogP contribution in [-0.2, 0) is 13.2 Å². The maximum Gasteiger partial charge on any atom is 0.231 e. The first-order valence-electron chi connectivity index (χ1n) is 6.44. The lowest BCUT2D eigenvalue weighted by atomic mass is 10.1. The molecule has 0 unspecified atom stereocenters. The fourth-order valence-electron chi connectivity index (χ4n) is 2.12. The monoisotopic (exact) mass is 272 g/mol. The molecule has 20 heavy (non-hydrogen) atoms. The molecule has 0 spiro atoms. The highest BCUT2D eigenvalue weighted by Gasteiger charge is 2.14. The second-order valence-corrected chi connectivity index (χ2v) is 4.59. The maximum absolute atomic E-state index is 5.77. The van der Waals surface area contributed by atoms with Crippen molar-refractivity contribution in [2.75, 3.05) is 6.79 Å². The minimum atomic E-state index is 0.274. The van der Waals surface area contributed by atoms with Crippen molar-refractivity contribution < 1.29 is 14.2 Å². The minimum Gasteiger partial charge on any atom is -0.473 e. The van der Waals surface area contributed by atoms with E-state index in [4.69, 9.17) is 19.9 Å². The topological polar surface area (TPSA) is 66.6 Å². The molecule has 0 bridgehead atoms. The number of hydrogen-bond donors (Lipinski definition) is 1. The van der Waals surface area contributed by atoms with Crippen molar-refractivity contribution in [3.8, 4) is 17.4 Å². The Bertz CT molecular complexity index is 629. The minimum absolute atomic E-state index is 0.274. The van der Waals surface area contributed by atoms with Crippen LogP contribution in [0.5, 0.6) is 17.4 Å². The van der Waals surface area contributed by atoms with Crippen molar-refractivity contribution in [2.45, 2.75) is 20.1 Å². The van der Waals surface area contributed by atoms with Crippen molar-refractivity contribution in [3.63, 3.8) is 0 Å². The Morgan fingerprint density at radius 3 is 2.95 bits per heavy atom. The molecule has 1 aromatic heterocycles. The summed E-state index contributed by atoms with van der Waals surface area (Å²) in [6, 6.07) is 7.68. The maximum atomic E-state index is 5.77. The van der Waals surface area contributed by atoms with Crippen molar-refractivity contribution in [2.24, 2.45) is 5.73 Å². The first kappa shape index (κ1) is 12.7. The van der Waals surface area contributed by atoms with E-state index in [1.165, 1.54) is 0 Å². The molecule has 1 aliphatic heterocycles. The third-order valence-corrected chi connectivity index (χ3v) is 3.27. The summed E-state index contributed by atoms with van der Waals surface area (Å²) >= 11 is 0. The van der Waals surface area contributed by atoms with Crippen LogP contribution >= 0.6 is 0 Å². The van der Waals surface area contributed by atoms with Crippen LogP contribution in [0.1, 0.15) is 16.7 Å². The lowest BCUT2D eigenvalue weighted by Gasteiger charge is -2.11. The van der Waals surface area contributed by atoms with Gasteiger partial charge in [-0.05, 0) is 36.2 Å². The Morgan fingerprint density at radius 2 is 2.10 bits per heavy atom. The molecular weight excluding hydrogens is 256 g/mol. The molecule has 1 aromatic carbocycles. The zero-order valence-electron chi connectivity index (χ0n) is 11.3. The second-order valence-electron chi connectivity index (χ2n) is 4.59. The zero-order chi connectivity index (χ0) is 13.9. The number of nitrogens with two attached hydrogens (primary N) is 1. The summed E-state index contributed by atoms with van der Waals surface area (Å²) < 4.78 is 16.4. The van der Waals surface area contributed by atoms with Gasteiger partial charge in [0.2, 0.25) is 12.7 Å². The fourth-order valence-corrected chi connectivity index (χ4v) is 2.12. The SMILES string of the molecule is Cc1ccnc(OCc2ccc3c(c2)OCO3)c1CN. The number of aromatic nitrogens is 1. The van der Waals surface area contributed by atoms with Gasteiger partial charge in [-0.3, -0.25) is 0 Å². The van der Waals surface area contributed by atoms with Crippen LogP contribution in [0.4, 0.5) is 0 Å². The third kappa shape index (κ3) is 2.40. The zero-order valence-corrected chi connectivity index (χ0v) is 11.3. The normalized spacial score (nSPS) is 12.5. The summed E-state index contributed by atoms with van der Waals surface area (Å²) in [6.45, 7) is 3.10. The highest BCUT2D eigenvalue weighted by Crippen LogP contribution is 2.32. The van der Waals surface area contributed by atoms with E-state index >= 15 is 0 Å². The lowest BCUT2D eigenvalue weighted by Crippen LogP contribution is -2.06. The largest absolute Gasteiger partial charge is 0.473 e. The molecule has 0 fully saturated rings. The number of rotatable bonds is 4. The smallest absolute Gasteiger partial charge is 0.231 e. The van der Waals surface area contributed by atoms with Crippen LogP contribution in [0, 0.1) is 6.92 Å². The Hall–Kier alpha value is -2.27. The van der Waals surface area contributed by atoms with Gasteiger partial charge in [0, 0.05) is 18.3 Å². The van der Waals surface area contributed by atoms with Gasteiger partial charge in [0.15, 0.2) is 11.5 Å². The molecule has 2 N–H and O–H groups in total. The quantitative estimate of drug-likeness (QED) is 0.923. The van der Waals surface area contributed by atoms with Gasteiger partial charge in [0.1, 0.15) is 6.61 Å². The lowest BCUT2D eigenvalue weighted by molar-refractivity contribution is 0.174. The molecule has 2 heterocycles. The standard InChI is InChI=1S/C15H16N2O3/c1-10-4-5-17-15(12(10)7-16)18-8-11-2-3-13-14(6-11)20-9-19-13/h2-6H,7-9,16H2,1H3. The predicted octanol–water partition coefficient (Wildman–Crippen LogP) is 2.16. The average molecular weight is 272 g/mol. The summed E-state index contributed by atoms with van der Waals surface area (Å²) in [7, 11) is 0. The Kier molecular flexibility index (Phi) is 3.43. The molecule has 5 nitrogen and oxygen atoms in total. The predicted molar refractivity (Wildman–Crippen MR) is 73.8 cm³/mol. The van der Waals surface area contributed by atoms with Gasteiger partial charge in [-0.2, -0.15) is 0 Å². The summed E-state index contributed by atoms with van der Waals surface area (Å²) in [5, 5.41) is 0. The van der Waals surface area contributed by atoms with Gasteiger partial charge in [-0.25, -0.2) is 4.98 Å². The molecule has 3 rings (SSSR count). The van der Waals surface area contributed by atoms with Crippen LogP contribution in [0.2, 0.25) is 0 Å². The van der Waals surface area contributed by atoms with E-state index in [0.29, 0.717) is 19.0 Å². The van der Waals surface area contributed by atoms with Crippen molar-refractivity contribution in [3.05, 3.63) is 47.2 Å². The van der Waals surface area contributed by atoms with Gasteiger partial charge in [0.25, 0.3) is 0 Å². The van der Waals surface area contributed by atoms with Gasteiger partial charge in [-0.1, -0.05) is 6.07 Å². The van der Waals surface area contributed by atoms with Gasteiger partial charge >= 0.3 is 0 Å². The first-order chi connectivity index (χ1) is 9.78. The summed E-state index contributed by atoms with van der Waals surface area (Å²) in [4.78, 5) is 4.24. The molecule has 0 saturated heterocycles. The number of benzene rings is 1. The summed E-state index contributed by atoms with van der Waals surface area (Å²) in [5.74, 6) is 2.11. The molecule has 5 heteroatoms. The molecule has 0 saturated carbocycles. The van der Waals surface area contributed by atoms with Crippen LogP contribution in [0.3, 0.4) is 0 Å². The number of nitrogens with zero attached hydrogens (tertiary/aromatic N) is 1. The Morgan fingerprint density at radius 1 is 1.25 bits per heavy atom. The Labute approximate surface area is 117 Å². The molecule has 2 aromatic rings. The Balaban J connectivity index is 1.75. The van der Waals surface area contributed by atoms with E-state index in [2.05, 4.69) is 4.98 Å². The van der Waals surface area contributed by atoms with E-state index in [1.807, 2.05) is 31.2 Å². The van der Waals surface area contributed by atoms with Crippen molar-refractivity contribution >= 4 is 0 Å². The van der Waals surface area contributed by atoms with Gasteiger partial charge in [0.05, 0.1) is 0 Å². The average Bonchev–Trinajstić information content (AvgIpc) is 2.92. The highest BCUT2D eigenvalue weighted by atomic mass is 16.7. The molecule has 0 amide bonds. The third-order valence-electron chi connectivity index (χ3n) is 3.27. The summed E-state index contributed by atoms with van der Waals surface area (Å²) in [5.41, 5.74) is 8.76. The highest BCUT2D eigenvalue weighted by molar-refractivity contribution is 5.44. The number of aryl methyl sites for hydroxylation is 1. The number of fused-ring (bicyclic) bond motifs is 1. The van der Waals surface area contributed by atoms with Gasteiger partial charge < -0.3 is 19.9 Å². The molecule has 0 radical (unpaired) electrons. The van der Waals surface area contributed by atoms with Crippen LogP contribution < -0.4 is 19.9 Å². The number of pyridine rings is 1. The van der Waals surface area contributed by atoms with E-state index in [9.17, 15) is 0 Å². The molecular formula is C15H16N2O3. The van der Waals surface area contributed by atoms with E-state index in [1.54, 1.807) is 6.20 Å². The van der Waals surface area contributed by atoms with E-state index in [-0.39, 0.29) is 6.79 Å². The van der Waals surface area contributed by atoms with E-state index < -0.39 is 0 Å². The number of hydrogen-bond acceptors (Lipinski definition) is 5. The molecule has 1 aliphatic rings. The van der Waals surface area contributed by atoms with Crippen LogP contribution in [0.15, 0.2) is 30.5 Å². The second kappa shape index (κ2) is 5.38. The van der Waals surface area contributed by atoms with E-state index in [0.717, 1.165) is 28.2 Å². The van der Waals surface area contributed by atoms with Crippen molar-refractivity contribution in [1.29, 1.82) is 0 Å².